The zero-order valence-corrected chi connectivity index (χ0v) is 7.47. The number of H-pyrrole nitrogens is 1. The van der Waals surface area contributed by atoms with Crippen LogP contribution in [0.3, 0.4) is 0 Å². The lowest BCUT2D eigenvalue weighted by molar-refractivity contribution is -0.141. The Bertz CT molecular complexity index is 348. The fourth-order valence-corrected chi connectivity index (χ4v) is 1.08. The van der Waals surface area contributed by atoms with Crippen LogP contribution in [0.25, 0.3) is 0 Å². The molecule has 1 aromatic rings. The number of carbonyl (C=O) groups excluding carboxylic acids is 1. The number of halogens is 3. The number of hydrogen-bond donors (Lipinski definition) is 2. The van der Waals surface area contributed by atoms with E-state index in [1.165, 1.54) is 0 Å². The Balaban J connectivity index is 2.85. The number of rotatable bonds is 4. The summed E-state index contributed by atoms with van der Waals surface area (Å²) in [6.45, 7) is -0.0140. The smallest absolute Gasteiger partial charge is 0.435 e. The van der Waals surface area contributed by atoms with Gasteiger partial charge in [0.05, 0.1) is 6.61 Å². The summed E-state index contributed by atoms with van der Waals surface area (Å²) in [6.07, 6.45) is -4.69. The fourth-order valence-electron chi connectivity index (χ4n) is 1.08. The molecule has 8 heteroatoms. The van der Waals surface area contributed by atoms with Crippen LogP contribution in [-0.2, 0) is 22.1 Å². The number of alkyl halides is 3. The Morgan fingerprint density at radius 3 is 2.73 bits per heavy atom. The average molecular weight is 223 g/mol. The number of nitrogen functional groups attached to an aromatic ring is 1. The van der Waals surface area contributed by atoms with Gasteiger partial charge in [-0.3, -0.25) is 9.89 Å². The van der Waals surface area contributed by atoms with Gasteiger partial charge in [0.15, 0.2) is 5.69 Å². The molecule has 0 aliphatic carbocycles. The van der Waals surface area contributed by atoms with Gasteiger partial charge in [-0.25, -0.2) is 0 Å². The fraction of sp³-hybridized carbons (Fsp3) is 0.429. The molecule has 0 aliphatic rings. The molecule has 0 spiro atoms. The molecule has 84 valence electrons. The number of carbonyl (C=O) groups is 1. The topological polar surface area (TPSA) is 81.0 Å². The number of nitrogens with zero attached hydrogens (tertiary/aromatic N) is 1. The number of nitrogens with two attached hydrogens (primary N) is 1. The summed E-state index contributed by atoms with van der Waals surface area (Å²) in [7, 11) is 0. The van der Waals surface area contributed by atoms with E-state index in [1.54, 1.807) is 0 Å². The Labute approximate surface area is 82.4 Å². The molecule has 1 rings (SSSR count). The van der Waals surface area contributed by atoms with E-state index in [0.29, 0.717) is 0 Å². The molecule has 0 radical (unpaired) electrons. The molecular formula is C7H8F3N3O2. The van der Waals surface area contributed by atoms with E-state index in [1.807, 2.05) is 5.10 Å². The lowest BCUT2D eigenvalue weighted by Gasteiger charge is -2.05. The number of aromatic amines is 1. The Hall–Kier alpha value is -1.73. The van der Waals surface area contributed by atoms with Gasteiger partial charge in [0.1, 0.15) is 5.82 Å². The number of hydrogen-bond acceptors (Lipinski definition) is 4. The van der Waals surface area contributed by atoms with Crippen molar-refractivity contribution in [2.45, 2.75) is 12.6 Å². The van der Waals surface area contributed by atoms with Gasteiger partial charge in [0, 0.05) is 12.0 Å². The molecule has 0 aromatic carbocycles. The molecule has 0 aliphatic heterocycles. The van der Waals surface area contributed by atoms with Gasteiger partial charge in [-0.15, -0.1) is 0 Å². The van der Waals surface area contributed by atoms with Gasteiger partial charge in [-0.1, -0.05) is 0 Å². The SMILES string of the molecule is Nc1[nH]nc(C(F)(F)F)c1CCOC=O. The minimum Gasteiger partial charge on any atom is -0.468 e. The second-order valence-electron chi connectivity index (χ2n) is 2.68. The third-order valence-electron chi connectivity index (χ3n) is 1.71. The van der Waals surface area contributed by atoms with E-state index in [-0.39, 0.29) is 30.9 Å². The maximum Gasteiger partial charge on any atom is 0.435 e. The van der Waals surface area contributed by atoms with Gasteiger partial charge in [-0.05, 0) is 0 Å². The molecule has 5 nitrogen and oxygen atoms in total. The van der Waals surface area contributed by atoms with Crippen LogP contribution >= 0.6 is 0 Å². The van der Waals surface area contributed by atoms with E-state index < -0.39 is 11.9 Å². The molecule has 3 N–H and O–H groups in total. The lowest BCUT2D eigenvalue weighted by atomic mass is 10.1. The van der Waals surface area contributed by atoms with Crippen LogP contribution in [-0.4, -0.2) is 23.3 Å². The number of ether oxygens (including phenoxy) is 1. The van der Waals surface area contributed by atoms with E-state index >= 15 is 0 Å². The van der Waals surface area contributed by atoms with Crippen molar-refractivity contribution in [2.75, 3.05) is 12.3 Å². The predicted molar refractivity (Wildman–Crippen MR) is 43.7 cm³/mol. The largest absolute Gasteiger partial charge is 0.468 e. The summed E-state index contributed by atoms with van der Waals surface area (Å²) in [4.78, 5) is 9.80. The van der Waals surface area contributed by atoms with Gasteiger partial charge in [0.2, 0.25) is 0 Å². The highest BCUT2D eigenvalue weighted by atomic mass is 19.4. The van der Waals surface area contributed by atoms with E-state index in [4.69, 9.17) is 5.73 Å². The van der Waals surface area contributed by atoms with Crippen LogP contribution in [0, 0.1) is 0 Å². The van der Waals surface area contributed by atoms with Crippen molar-refractivity contribution in [3.63, 3.8) is 0 Å². The first-order chi connectivity index (χ1) is 6.96. The molecule has 15 heavy (non-hydrogen) atoms. The van der Waals surface area contributed by atoms with Crippen molar-refractivity contribution in [1.29, 1.82) is 0 Å². The zero-order chi connectivity index (χ0) is 11.5. The summed E-state index contributed by atoms with van der Waals surface area (Å²) < 4.78 is 41.3. The first kappa shape index (κ1) is 11.3. The third-order valence-corrected chi connectivity index (χ3v) is 1.71. The quantitative estimate of drug-likeness (QED) is 0.582. The van der Waals surface area contributed by atoms with Crippen LogP contribution in [0.1, 0.15) is 11.3 Å². The van der Waals surface area contributed by atoms with Crippen molar-refractivity contribution >= 4 is 12.3 Å². The number of anilines is 1. The van der Waals surface area contributed by atoms with Crippen molar-refractivity contribution in [2.24, 2.45) is 0 Å². The van der Waals surface area contributed by atoms with Gasteiger partial charge < -0.3 is 10.5 Å². The molecule has 0 fully saturated rings. The molecule has 1 aromatic heterocycles. The minimum atomic E-state index is -4.56. The highest BCUT2D eigenvalue weighted by Gasteiger charge is 2.37. The molecule has 0 amide bonds. The second kappa shape index (κ2) is 4.20. The Kier molecular flexibility index (Phi) is 3.17. The van der Waals surface area contributed by atoms with Crippen LogP contribution in [0.5, 0.6) is 0 Å². The van der Waals surface area contributed by atoms with Crippen LogP contribution in [0.2, 0.25) is 0 Å². The first-order valence-corrected chi connectivity index (χ1v) is 3.92. The zero-order valence-electron chi connectivity index (χ0n) is 7.47. The van der Waals surface area contributed by atoms with Crippen molar-refractivity contribution in [3.8, 4) is 0 Å². The second-order valence-corrected chi connectivity index (χ2v) is 2.68. The van der Waals surface area contributed by atoms with Crippen molar-refractivity contribution < 1.29 is 22.7 Å². The van der Waals surface area contributed by atoms with E-state index in [9.17, 15) is 18.0 Å². The van der Waals surface area contributed by atoms with E-state index in [0.717, 1.165) is 0 Å². The molecule has 0 bridgehead atoms. The van der Waals surface area contributed by atoms with E-state index in [2.05, 4.69) is 9.84 Å². The standard InChI is InChI=1S/C7H8F3N3O2/c8-7(9,10)5-4(1-2-15-3-14)6(11)13-12-5/h3H,1-2H2,(H3,11,12,13). The predicted octanol–water partition coefficient (Wildman–Crippen LogP) is 0.726. The number of nitrogens with one attached hydrogen (secondary N) is 1. The monoisotopic (exact) mass is 223 g/mol. The number of aromatic nitrogens is 2. The van der Waals surface area contributed by atoms with Crippen molar-refractivity contribution in [3.05, 3.63) is 11.3 Å². The lowest BCUT2D eigenvalue weighted by Crippen LogP contribution is -2.11. The molecule has 0 saturated carbocycles. The molecule has 0 atom stereocenters. The van der Waals surface area contributed by atoms with Crippen molar-refractivity contribution in [1.82, 2.24) is 10.2 Å². The van der Waals surface area contributed by atoms with Crippen LogP contribution < -0.4 is 5.73 Å². The van der Waals surface area contributed by atoms with Gasteiger partial charge in [-0.2, -0.15) is 18.3 Å². The molecule has 0 saturated heterocycles. The summed E-state index contributed by atoms with van der Waals surface area (Å²) in [5, 5.41) is 5.08. The summed E-state index contributed by atoms with van der Waals surface area (Å²) in [6, 6.07) is 0. The maximum absolute atomic E-state index is 12.3. The Morgan fingerprint density at radius 2 is 2.20 bits per heavy atom. The maximum atomic E-state index is 12.3. The highest BCUT2D eigenvalue weighted by Crippen LogP contribution is 2.32. The van der Waals surface area contributed by atoms with Gasteiger partial charge in [0.25, 0.3) is 6.47 Å². The molecule has 1 heterocycles. The summed E-state index contributed by atoms with van der Waals surface area (Å²) in [5.41, 5.74) is 3.99. The average Bonchev–Trinajstić information content (AvgIpc) is 2.48. The molecule has 0 unspecified atom stereocenters. The first-order valence-electron chi connectivity index (χ1n) is 3.92. The normalized spacial score (nSPS) is 11.4. The summed E-state index contributed by atoms with van der Waals surface area (Å²) in [5.74, 6) is -0.170. The van der Waals surface area contributed by atoms with Gasteiger partial charge >= 0.3 is 6.18 Å². The van der Waals surface area contributed by atoms with Crippen LogP contribution in [0.15, 0.2) is 0 Å². The Morgan fingerprint density at radius 1 is 1.53 bits per heavy atom. The molecular weight excluding hydrogens is 215 g/mol. The minimum absolute atomic E-state index is 0.129. The summed E-state index contributed by atoms with van der Waals surface area (Å²) >= 11 is 0. The highest BCUT2D eigenvalue weighted by molar-refractivity contribution is 5.43. The third kappa shape index (κ3) is 2.61. The van der Waals surface area contributed by atoms with Crippen LogP contribution in [0.4, 0.5) is 19.0 Å².